The Balaban J connectivity index is 1.73. The van der Waals surface area contributed by atoms with Gasteiger partial charge >= 0.3 is 5.97 Å². The van der Waals surface area contributed by atoms with Crippen molar-refractivity contribution < 1.29 is 14.3 Å². The summed E-state index contributed by atoms with van der Waals surface area (Å²) in [4.78, 5) is 15.7. The molecule has 0 saturated heterocycles. The molecule has 0 spiro atoms. The number of esters is 1. The van der Waals surface area contributed by atoms with Crippen molar-refractivity contribution in [3.8, 4) is 11.6 Å². The van der Waals surface area contributed by atoms with Crippen LogP contribution in [0.25, 0.3) is 0 Å². The lowest BCUT2D eigenvalue weighted by Crippen LogP contribution is -2.05. The van der Waals surface area contributed by atoms with Crippen molar-refractivity contribution in [1.82, 2.24) is 4.98 Å². The monoisotopic (exact) mass is 331 g/mol. The summed E-state index contributed by atoms with van der Waals surface area (Å²) in [5.41, 5.74) is 1.89. The molecule has 1 aromatic carbocycles. The topological polar surface area (TPSA) is 48.4 Å². The molecule has 0 bridgehead atoms. The molecule has 1 aliphatic carbocycles. The van der Waals surface area contributed by atoms with Gasteiger partial charge in [0.2, 0.25) is 5.88 Å². The molecule has 120 valence electrons. The first kappa shape index (κ1) is 15.8. The second-order valence-corrected chi connectivity index (χ2v) is 6.32. The van der Waals surface area contributed by atoms with Gasteiger partial charge in [0.15, 0.2) is 0 Å². The zero-order valence-corrected chi connectivity index (χ0v) is 13.9. The van der Waals surface area contributed by atoms with Crippen LogP contribution in [0.5, 0.6) is 11.6 Å². The first-order valence-electron chi connectivity index (χ1n) is 7.63. The third-order valence-corrected chi connectivity index (χ3v) is 4.39. The number of aromatic nitrogens is 1. The van der Waals surface area contributed by atoms with E-state index in [1.807, 2.05) is 18.2 Å². The maximum atomic E-state index is 11.6. The molecule has 4 nitrogen and oxygen atoms in total. The Hall–Kier alpha value is -2.07. The van der Waals surface area contributed by atoms with Crippen molar-refractivity contribution in [3.63, 3.8) is 0 Å². The van der Waals surface area contributed by atoms with Crippen LogP contribution in [0.2, 0.25) is 5.02 Å². The van der Waals surface area contributed by atoms with Crippen LogP contribution in [0, 0.1) is 0 Å². The smallest absolute Gasteiger partial charge is 0.339 e. The normalized spacial score (nSPS) is 15.1. The molecule has 2 aromatic rings. The van der Waals surface area contributed by atoms with Crippen molar-refractivity contribution in [2.45, 2.75) is 32.1 Å². The van der Waals surface area contributed by atoms with E-state index in [0.717, 1.165) is 0 Å². The van der Waals surface area contributed by atoms with Gasteiger partial charge < -0.3 is 9.47 Å². The van der Waals surface area contributed by atoms with E-state index in [1.165, 1.54) is 24.6 Å². The lowest BCUT2D eigenvalue weighted by Gasteiger charge is -2.12. The molecule has 0 aliphatic heterocycles. The van der Waals surface area contributed by atoms with Crippen molar-refractivity contribution in [1.29, 1.82) is 0 Å². The highest BCUT2D eigenvalue weighted by molar-refractivity contribution is 6.32. The van der Waals surface area contributed by atoms with E-state index in [0.29, 0.717) is 28.8 Å². The molecule has 1 heterocycles. The minimum absolute atomic E-state index is 0.266. The Morgan fingerprint density at radius 3 is 2.65 bits per heavy atom. The predicted octanol–water partition coefficient (Wildman–Crippen LogP) is 4.76. The first-order chi connectivity index (χ1) is 11.0. The number of hydrogen-bond acceptors (Lipinski definition) is 4. The standard InChI is InChI=1S/C18H18ClNO3/c1-3-22-17(21)12-4-7-16(20-11-12)23-15-6-5-13(10-14(15)19)18(2)8-9-18/h4-7,10-11H,3,8-9H2,1-2H3. The molecule has 0 atom stereocenters. The zero-order valence-electron chi connectivity index (χ0n) is 13.1. The van der Waals surface area contributed by atoms with E-state index < -0.39 is 5.97 Å². The Labute approximate surface area is 140 Å². The number of nitrogens with zero attached hydrogens (tertiary/aromatic N) is 1. The number of rotatable bonds is 5. The number of carbonyl (C=O) groups excluding carboxylic acids is 1. The van der Waals surface area contributed by atoms with Gasteiger partial charge in [-0.2, -0.15) is 0 Å². The molecule has 1 aromatic heterocycles. The summed E-state index contributed by atoms with van der Waals surface area (Å²) in [5.74, 6) is 0.535. The molecule has 1 saturated carbocycles. The fourth-order valence-corrected chi connectivity index (χ4v) is 2.54. The molecular formula is C18H18ClNO3. The molecule has 0 radical (unpaired) electrons. The summed E-state index contributed by atoms with van der Waals surface area (Å²) in [6.45, 7) is 4.32. The van der Waals surface area contributed by atoms with Crippen LogP contribution < -0.4 is 4.74 Å². The van der Waals surface area contributed by atoms with E-state index in [-0.39, 0.29) is 5.41 Å². The van der Waals surface area contributed by atoms with Gasteiger partial charge in [-0.05, 0) is 48.9 Å². The molecule has 23 heavy (non-hydrogen) atoms. The Kier molecular flexibility index (Phi) is 4.26. The predicted molar refractivity (Wildman–Crippen MR) is 88.3 cm³/mol. The molecule has 0 N–H and O–H groups in total. The van der Waals surface area contributed by atoms with Crippen LogP contribution in [-0.4, -0.2) is 17.6 Å². The van der Waals surface area contributed by atoms with Gasteiger partial charge in [-0.15, -0.1) is 0 Å². The highest BCUT2D eigenvalue weighted by Crippen LogP contribution is 2.48. The Morgan fingerprint density at radius 1 is 1.30 bits per heavy atom. The summed E-state index contributed by atoms with van der Waals surface area (Å²) in [7, 11) is 0. The van der Waals surface area contributed by atoms with E-state index in [4.69, 9.17) is 21.1 Å². The lowest BCUT2D eigenvalue weighted by atomic mass is 9.98. The molecule has 0 amide bonds. The second kappa shape index (κ2) is 6.20. The summed E-state index contributed by atoms with van der Waals surface area (Å²) in [6.07, 6.45) is 3.82. The Bertz CT molecular complexity index is 724. The fraction of sp³-hybridized carbons (Fsp3) is 0.333. The van der Waals surface area contributed by atoms with Gasteiger partial charge in [-0.25, -0.2) is 9.78 Å². The molecular weight excluding hydrogens is 314 g/mol. The van der Waals surface area contributed by atoms with E-state index in [1.54, 1.807) is 19.1 Å². The molecule has 1 fully saturated rings. The van der Waals surface area contributed by atoms with Crippen molar-refractivity contribution in [3.05, 3.63) is 52.7 Å². The van der Waals surface area contributed by atoms with Crippen LogP contribution >= 0.6 is 11.6 Å². The summed E-state index contributed by atoms with van der Waals surface area (Å²) >= 11 is 6.31. The SMILES string of the molecule is CCOC(=O)c1ccc(Oc2ccc(C3(C)CC3)cc2Cl)nc1. The largest absolute Gasteiger partial charge is 0.462 e. The summed E-state index contributed by atoms with van der Waals surface area (Å²) in [5, 5.41) is 0.562. The number of carbonyl (C=O) groups is 1. The van der Waals surface area contributed by atoms with Crippen LogP contribution in [0.15, 0.2) is 36.5 Å². The van der Waals surface area contributed by atoms with Gasteiger partial charge in [0, 0.05) is 12.3 Å². The van der Waals surface area contributed by atoms with Crippen LogP contribution in [0.3, 0.4) is 0 Å². The van der Waals surface area contributed by atoms with Crippen molar-refractivity contribution in [2.75, 3.05) is 6.61 Å². The molecule has 1 aliphatic rings. The first-order valence-corrected chi connectivity index (χ1v) is 8.01. The fourth-order valence-electron chi connectivity index (χ4n) is 2.32. The quantitative estimate of drug-likeness (QED) is 0.741. The van der Waals surface area contributed by atoms with Gasteiger partial charge in [0.1, 0.15) is 5.75 Å². The number of halogens is 1. The van der Waals surface area contributed by atoms with Crippen LogP contribution in [-0.2, 0) is 10.2 Å². The second-order valence-electron chi connectivity index (χ2n) is 5.91. The maximum Gasteiger partial charge on any atom is 0.339 e. The number of benzene rings is 1. The number of pyridine rings is 1. The van der Waals surface area contributed by atoms with E-state index in [2.05, 4.69) is 11.9 Å². The van der Waals surface area contributed by atoms with Gasteiger partial charge in [0.25, 0.3) is 0 Å². The van der Waals surface area contributed by atoms with Crippen molar-refractivity contribution in [2.24, 2.45) is 0 Å². The lowest BCUT2D eigenvalue weighted by molar-refractivity contribution is 0.0526. The molecule has 5 heteroatoms. The zero-order chi connectivity index (χ0) is 16.4. The average Bonchev–Trinajstić information content (AvgIpc) is 3.29. The van der Waals surface area contributed by atoms with Gasteiger partial charge in [0.05, 0.1) is 17.2 Å². The third kappa shape index (κ3) is 3.48. The van der Waals surface area contributed by atoms with Gasteiger partial charge in [-0.3, -0.25) is 0 Å². The highest BCUT2D eigenvalue weighted by atomic mass is 35.5. The van der Waals surface area contributed by atoms with E-state index in [9.17, 15) is 4.79 Å². The molecule has 3 rings (SSSR count). The third-order valence-electron chi connectivity index (χ3n) is 4.09. The summed E-state index contributed by atoms with van der Waals surface area (Å²) in [6, 6.07) is 9.10. The van der Waals surface area contributed by atoms with Crippen LogP contribution in [0.4, 0.5) is 0 Å². The minimum Gasteiger partial charge on any atom is -0.462 e. The maximum absolute atomic E-state index is 11.6. The Morgan fingerprint density at radius 2 is 2.09 bits per heavy atom. The van der Waals surface area contributed by atoms with E-state index >= 15 is 0 Å². The van der Waals surface area contributed by atoms with Crippen molar-refractivity contribution >= 4 is 17.6 Å². The number of hydrogen-bond donors (Lipinski definition) is 0. The summed E-state index contributed by atoms with van der Waals surface area (Å²) < 4.78 is 10.6. The van der Waals surface area contributed by atoms with Crippen LogP contribution in [0.1, 0.15) is 42.6 Å². The number of ether oxygens (including phenoxy) is 2. The average molecular weight is 332 g/mol. The minimum atomic E-state index is -0.397. The molecule has 0 unspecified atom stereocenters. The van der Waals surface area contributed by atoms with Gasteiger partial charge in [-0.1, -0.05) is 24.6 Å². The highest BCUT2D eigenvalue weighted by Gasteiger charge is 2.39.